The minimum atomic E-state index is -0.611. The normalized spacial score (nSPS) is 32.7. The van der Waals surface area contributed by atoms with E-state index in [0.717, 1.165) is 23.4 Å². The van der Waals surface area contributed by atoms with Gasteiger partial charge in [-0.05, 0) is 18.9 Å². The second-order valence-corrected chi connectivity index (χ2v) is 5.71. The molecule has 0 saturated carbocycles. The molecule has 1 aliphatic rings. The zero-order valence-corrected chi connectivity index (χ0v) is 11.6. The fourth-order valence-corrected chi connectivity index (χ4v) is 2.88. The zero-order chi connectivity index (χ0) is 13.4. The van der Waals surface area contributed by atoms with E-state index >= 15 is 0 Å². The fourth-order valence-electron chi connectivity index (χ4n) is 2.88. The smallest absolute Gasteiger partial charge is 0.0860 e. The number of rotatable bonds is 0. The molecule has 3 nitrogen and oxygen atoms in total. The Morgan fingerprint density at radius 1 is 1.22 bits per heavy atom. The number of aliphatic hydroxyl groups excluding tert-OH is 2. The van der Waals surface area contributed by atoms with Gasteiger partial charge in [-0.2, -0.15) is 0 Å². The van der Waals surface area contributed by atoms with Gasteiger partial charge in [0.05, 0.1) is 12.2 Å². The summed E-state index contributed by atoms with van der Waals surface area (Å²) in [5.41, 5.74) is 3.13. The highest BCUT2D eigenvalue weighted by atomic mass is 16.3. The third-order valence-corrected chi connectivity index (χ3v) is 4.09. The molecular weight excluding hydrogens is 226 g/mol. The van der Waals surface area contributed by atoms with Crippen molar-refractivity contribution in [3.8, 4) is 0 Å². The van der Waals surface area contributed by atoms with E-state index in [0.29, 0.717) is 0 Å². The summed E-state index contributed by atoms with van der Waals surface area (Å²) < 4.78 is 0. The Morgan fingerprint density at radius 2 is 1.89 bits per heavy atom. The maximum absolute atomic E-state index is 10.5. The topological polar surface area (TPSA) is 43.7 Å². The molecule has 0 radical (unpaired) electrons. The van der Waals surface area contributed by atoms with Crippen LogP contribution in [0.4, 0.5) is 5.69 Å². The van der Waals surface area contributed by atoms with Crippen molar-refractivity contribution in [2.24, 2.45) is 11.8 Å². The van der Waals surface area contributed by atoms with Gasteiger partial charge in [-0.15, -0.1) is 0 Å². The second-order valence-electron chi connectivity index (χ2n) is 5.71. The lowest BCUT2D eigenvalue weighted by molar-refractivity contribution is -0.00766. The van der Waals surface area contributed by atoms with E-state index in [1.807, 2.05) is 33.9 Å². The first kappa shape index (κ1) is 13.4. The largest absolute Gasteiger partial charge is 0.392 e. The maximum atomic E-state index is 10.5. The Kier molecular flexibility index (Phi) is 3.64. The summed E-state index contributed by atoms with van der Waals surface area (Å²) in [7, 11) is 2.01. The lowest BCUT2D eigenvalue weighted by Gasteiger charge is -2.37. The van der Waals surface area contributed by atoms with E-state index in [9.17, 15) is 10.2 Å². The van der Waals surface area contributed by atoms with Gasteiger partial charge in [0.15, 0.2) is 0 Å². The van der Waals surface area contributed by atoms with Crippen LogP contribution in [0.3, 0.4) is 0 Å². The first-order valence-corrected chi connectivity index (χ1v) is 6.59. The van der Waals surface area contributed by atoms with E-state index in [2.05, 4.69) is 17.0 Å². The summed E-state index contributed by atoms with van der Waals surface area (Å²) in [6, 6.07) is 6.15. The minimum Gasteiger partial charge on any atom is -0.392 e. The molecule has 4 atom stereocenters. The number of aryl methyl sites for hydroxylation is 1. The van der Waals surface area contributed by atoms with Crippen molar-refractivity contribution in [2.45, 2.75) is 33.0 Å². The number of aliphatic hydroxyl groups is 2. The monoisotopic (exact) mass is 249 g/mol. The van der Waals surface area contributed by atoms with Gasteiger partial charge in [-0.3, -0.25) is 0 Å². The Labute approximate surface area is 109 Å². The molecule has 1 aromatic rings. The van der Waals surface area contributed by atoms with Crippen molar-refractivity contribution in [2.75, 3.05) is 18.5 Å². The van der Waals surface area contributed by atoms with Gasteiger partial charge in [0.25, 0.3) is 0 Å². The molecule has 2 rings (SSSR count). The number of nitrogens with zero attached hydrogens (tertiary/aromatic N) is 1. The predicted octanol–water partition coefficient (Wildman–Crippen LogP) is 2.11. The van der Waals surface area contributed by atoms with Crippen LogP contribution < -0.4 is 4.90 Å². The van der Waals surface area contributed by atoms with E-state index in [1.54, 1.807) is 0 Å². The molecule has 0 amide bonds. The molecule has 100 valence electrons. The molecule has 0 bridgehead atoms. The number of hydrogen-bond acceptors (Lipinski definition) is 3. The highest BCUT2D eigenvalue weighted by Crippen LogP contribution is 2.36. The van der Waals surface area contributed by atoms with Crippen LogP contribution in [0.15, 0.2) is 18.2 Å². The predicted molar refractivity (Wildman–Crippen MR) is 73.7 cm³/mol. The molecule has 1 heterocycles. The summed E-state index contributed by atoms with van der Waals surface area (Å²) in [4.78, 5) is 2.12. The van der Waals surface area contributed by atoms with Gasteiger partial charge in [0, 0.05) is 30.8 Å². The molecule has 0 fully saturated rings. The molecule has 0 aliphatic carbocycles. The van der Waals surface area contributed by atoms with Crippen molar-refractivity contribution >= 4 is 5.69 Å². The van der Waals surface area contributed by atoms with Crippen molar-refractivity contribution in [3.63, 3.8) is 0 Å². The number of fused-ring (bicyclic) bond motifs is 1. The van der Waals surface area contributed by atoms with Gasteiger partial charge >= 0.3 is 0 Å². The molecule has 1 aliphatic heterocycles. The number of hydrogen-bond donors (Lipinski definition) is 2. The van der Waals surface area contributed by atoms with E-state index < -0.39 is 12.2 Å². The van der Waals surface area contributed by atoms with Crippen LogP contribution in [0.25, 0.3) is 0 Å². The third-order valence-electron chi connectivity index (χ3n) is 4.09. The Morgan fingerprint density at radius 3 is 2.56 bits per heavy atom. The Hall–Kier alpha value is -1.06. The molecule has 2 N–H and O–H groups in total. The lowest BCUT2D eigenvalue weighted by atomic mass is 9.83. The van der Waals surface area contributed by atoms with Crippen molar-refractivity contribution in [1.82, 2.24) is 0 Å². The van der Waals surface area contributed by atoms with Crippen LogP contribution in [0.1, 0.15) is 31.1 Å². The Balaban J connectivity index is 2.50. The molecular formula is C15H23NO2. The molecule has 18 heavy (non-hydrogen) atoms. The average Bonchev–Trinajstić information content (AvgIpc) is 2.34. The van der Waals surface area contributed by atoms with Crippen molar-refractivity contribution in [1.29, 1.82) is 0 Å². The van der Waals surface area contributed by atoms with Crippen LogP contribution >= 0.6 is 0 Å². The minimum absolute atomic E-state index is 0.144. The standard InChI is InChI=1S/C15H23NO2/c1-9-5-6-13-12(7-9)15(18)11(3)14(17)10(2)8-16(13)4/h5-7,10-11,14-15,17-18H,8H2,1-4H3. The third kappa shape index (κ3) is 2.25. The van der Waals surface area contributed by atoms with Crippen LogP contribution in [0.5, 0.6) is 0 Å². The first-order valence-electron chi connectivity index (χ1n) is 6.59. The first-order chi connectivity index (χ1) is 8.41. The molecule has 3 heteroatoms. The van der Waals surface area contributed by atoms with Crippen molar-refractivity contribution < 1.29 is 10.2 Å². The van der Waals surface area contributed by atoms with Gasteiger partial charge < -0.3 is 15.1 Å². The van der Waals surface area contributed by atoms with E-state index in [1.165, 1.54) is 0 Å². The van der Waals surface area contributed by atoms with Gasteiger partial charge in [-0.1, -0.05) is 31.5 Å². The summed E-state index contributed by atoms with van der Waals surface area (Å²) >= 11 is 0. The molecule has 0 saturated heterocycles. The average molecular weight is 249 g/mol. The summed E-state index contributed by atoms with van der Waals surface area (Å²) in [5.74, 6) is 0.00310. The summed E-state index contributed by atoms with van der Waals surface area (Å²) in [6.07, 6.45) is -1.09. The van der Waals surface area contributed by atoms with Gasteiger partial charge in [0.2, 0.25) is 0 Å². The van der Waals surface area contributed by atoms with Crippen LogP contribution in [0.2, 0.25) is 0 Å². The zero-order valence-electron chi connectivity index (χ0n) is 11.6. The van der Waals surface area contributed by atoms with Gasteiger partial charge in [0.1, 0.15) is 0 Å². The maximum Gasteiger partial charge on any atom is 0.0860 e. The highest BCUT2D eigenvalue weighted by molar-refractivity contribution is 5.56. The van der Waals surface area contributed by atoms with Crippen LogP contribution in [-0.4, -0.2) is 29.9 Å². The SMILES string of the molecule is Cc1ccc2c(c1)C(O)C(C)C(O)C(C)CN2C. The van der Waals surface area contributed by atoms with E-state index in [-0.39, 0.29) is 11.8 Å². The van der Waals surface area contributed by atoms with Gasteiger partial charge in [-0.25, -0.2) is 0 Å². The fraction of sp³-hybridized carbons (Fsp3) is 0.600. The van der Waals surface area contributed by atoms with Crippen molar-refractivity contribution in [3.05, 3.63) is 29.3 Å². The Bertz CT molecular complexity index is 433. The highest BCUT2D eigenvalue weighted by Gasteiger charge is 2.33. The number of benzene rings is 1. The van der Waals surface area contributed by atoms with Crippen LogP contribution in [-0.2, 0) is 0 Å². The summed E-state index contributed by atoms with van der Waals surface area (Å²) in [6.45, 7) is 6.77. The number of anilines is 1. The summed E-state index contributed by atoms with van der Waals surface area (Å²) in [5, 5.41) is 20.7. The van der Waals surface area contributed by atoms with E-state index in [4.69, 9.17) is 0 Å². The lowest BCUT2D eigenvalue weighted by Crippen LogP contribution is -2.39. The second kappa shape index (κ2) is 4.90. The van der Waals surface area contributed by atoms with Crippen LogP contribution in [0, 0.1) is 18.8 Å². The molecule has 1 aromatic carbocycles. The quantitative estimate of drug-likeness (QED) is 0.740. The molecule has 0 aromatic heterocycles. The molecule has 0 spiro atoms. The molecule has 4 unspecified atom stereocenters.